The van der Waals surface area contributed by atoms with Crippen LogP contribution >= 0.6 is 0 Å². The van der Waals surface area contributed by atoms with Crippen LogP contribution in [0.15, 0.2) is 24.3 Å². The molecule has 0 saturated heterocycles. The molecule has 4 nitrogen and oxygen atoms in total. The monoisotopic (exact) mass is 290 g/mol. The molecule has 2 N–H and O–H groups in total. The predicted molar refractivity (Wildman–Crippen MR) is 84.6 cm³/mol. The third-order valence-corrected chi connectivity index (χ3v) is 3.56. The van der Waals surface area contributed by atoms with Crippen LogP contribution in [0.25, 0.3) is 0 Å². The van der Waals surface area contributed by atoms with Gasteiger partial charge in [0.25, 0.3) is 0 Å². The van der Waals surface area contributed by atoms with Gasteiger partial charge in [0.05, 0.1) is 13.0 Å². The van der Waals surface area contributed by atoms with Gasteiger partial charge in [0.1, 0.15) is 5.75 Å². The smallest absolute Gasteiger partial charge is 0.223 e. The Morgan fingerprint density at radius 1 is 1.33 bits per heavy atom. The van der Waals surface area contributed by atoms with Crippen molar-refractivity contribution in [1.29, 1.82) is 0 Å². The highest BCUT2D eigenvalue weighted by molar-refractivity contribution is 5.76. The molecular weight excluding hydrogens is 264 g/mol. The Bertz CT molecular complexity index is 441. The maximum absolute atomic E-state index is 11.5. The predicted octanol–water partition coefficient (Wildman–Crippen LogP) is 2.27. The fraction of sp³-hybridized carbons (Fsp3) is 0.588. The topological polar surface area (TPSA) is 50.4 Å². The van der Waals surface area contributed by atoms with Gasteiger partial charge in [0.15, 0.2) is 0 Å². The molecule has 116 valence electrons. The largest absolute Gasteiger partial charge is 0.493 e. The van der Waals surface area contributed by atoms with E-state index in [1.165, 1.54) is 5.56 Å². The van der Waals surface area contributed by atoms with Crippen molar-refractivity contribution < 1.29 is 9.53 Å². The number of rotatable bonds is 9. The Balaban J connectivity index is 1.67. The molecule has 1 aromatic carbocycles. The van der Waals surface area contributed by atoms with Crippen molar-refractivity contribution in [2.24, 2.45) is 0 Å². The second-order valence-corrected chi connectivity index (χ2v) is 5.75. The van der Waals surface area contributed by atoms with Gasteiger partial charge in [-0.05, 0) is 50.4 Å². The number of likely N-dealkylation sites (N-methyl/N-ethyl adjacent to an activating group) is 1. The number of hydrogen-bond donors (Lipinski definition) is 2. The molecule has 21 heavy (non-hydrogen) atoms. The van der Waals surface area contributed by atoms with Crippen LogP contribution in [-0.2, 0) is 11.2 Å². The van der Waals surface area contributed by atoms with Crippen molar-refractivity contribution in [1.82, 2.24) is 10.6 Å². The van der Waals surface area contributed by atoms with Crippen molar-refractivity contribution in [3.05, 3.63) is 29.8 Å². The summed E-state index contributed by atoms with van der Waals surface area (Å²) < 4.78 is 5.61. The highest BCUT2D eigenvalue weighted by Crippen LogP contribution is 2.18. The summed E-state index contributed by atoms with van der Waals surface area (Å²) in [6.45, 7) is 5.73. The van der Waals surface area contributed by atoms with E-state index in [4.69, 9.17) is 4.74 Å². The summed E-state index contributed by atoms with van der Waals surface area (Å²) in [5.74, 6) is 0.919. The number of carbonyl (C=O) groups is 1. The zero-order chi connectivity index (χ0) is 15.1. The Morgan fingerprint density at radius 2 is 2.05 bits per heavy atom. The molecule has 1 aromatic rings. The van der Waals surface area contributed by atoms with E-state index in [1.54, 1.807) is 0 Å². The molecule has 0 spiro atoms. The lowest BCUT2D eigenvalue weighted by Gasteiger charge is -2.12. The molecule has 0 aliphatic heterocycles. The van der Waals surface area contributed by atoms with Crippen molar-refractivity contribution in [2.45, 2.75) is 51.6 Å². The first kappa shape index (κ1) is 15.8. The van der Waals surface area contributed by atoms with Gasteiger partial charge < -0.3 is 15.4 Å². The Labute approximate surface area is 127 Å². The van der Waals surface area contributed by atoms with Crippen LogP contribution in [0.1, 0.15) is 38.7 Å². The number of hydrogen-bond acceptors (Lipinski definition) is 3. The lowest BCUT2D eigenvalue weighted by molar-refractivity contribution is -0.121. The van der Waals surface area contributed by atoms with E-state index in [0.717, 1.165) is 31.6 Å². The molecule has 1 aliphatic carbocycles. The number of benzene rings is 1. The molecule has 0 bridgehead atoms. The SMILES string of the molecule is CCNC(C)Cc1ccc(OCCC(=O)NC2CC2)cc1. The van der Waals surface area contributed by atoms with Gasteiger partial charge in [-0.3, -0.25) is 4.79 Å². The average molecular weight is 290 g/mol. The summed E-state index contributed by atoms with van der Waals surface area (Å²) in [7, 11) is 0. The van der Waals surface area contributed by atoms with Crippen LogP contribution in [0.4, 0.5) is 0 Å². The van der Waals surface area contributed by atoms with Gasteiger partial charge >= 0.3 is 0 Å². The molecule has 1 aliphatic rings. The van der Waals surface area contributed by atoms with Crippen LogP contribution < -0.4 is 15.4 Å². The third kappa shape index (κ3) is 6.17. The summed E-state index contributed by atoms with van der Waals surface area (Å²) in [5, 5.41) is 6.36. The fourth-order valence-corrected chi connectivity index (χ4v) is 2.29. The molecule has 1 atom stereocenters. The Hall–Kier alpha value is -1.55. The van der Waals surface area contributed by atoms with E-state index >= 15 is 0 Å². The van der Waals surface area contributed by atoms with E-state index in [9.17, 15) is 4.79 Å². The van der Waals surface area contributed by atoms with Crippen molar-refractivity contribution in [3.8, 4) is 5.75 Å². The van der Waals surface area contributed by atoms with E-state index in [1.807, 2.05) is 12.1 Å². The van der Waals surface area contributed by atoms with Crippen molar-refractivity contribution in [2.75, 3.05) is 13.2 Å². The lowest BCUT2D eigenvalue weighted by Crippen LogP contribution is -2.27. The second-order valence-electron chi connectivity index (χ2n) is 5.75. The van der Waals surface area contributed by atoms with E-state index < -0.39 is 0 Å². The zero-order valence-corrected chi connectivity index (χ0v) is 13.0. The minimum absolute atomic E-state index is 0.0913. The first-order valence-corrected chi connectivity index (χ1v) is 7.92. The molecule has 0 aromatic heterocycles. The normalized spacial score (nSPS) is 15.5. The molecule has 2 rings (SSSR count). The van der Waals surface area contributed by atoms with Gasteiger partial charge in [0, 0.05) is 12.1 Å². The minimum Gasteiger partial charge on any atom is -0.493 e. The van der Waals surface area contributed by atoms with E-state index in [-0.39, 0.29) is 5.91 Å². The van der Waals surface area contributed by atoms with Crippen LogP contribution in [0, 0.1) is 0 Å². The summed E-state index contributed by atoms with van der Waals surface area (Å²) in [6, 6.07) is 9.05. The maximum Gasteiger partial charge on any atom is 0.223 e. The highest BCUT2D eigenvalue weighted by atomic mass is 16.5. The Morgan fingerprint density at radius 3 is 2.67 bits per heavy atom. The first-order chi connectivity index (χ1) is 10.2. The number of carbonyl (C=O) groups excluding carboxylic acids is 1. The van der Waals surface area contributed by atoms with Crippen LogP contribution in [0.2, 0.25) is 0 Å². The summed E-state index contributed by atoms with van der Waals surface area (Å²) in [4.78, 5) is 11.5. The Kier molecular flexibility index (Phi) is 6.05. The van der Waals surface area contributed by atoms with Crippen LogP contribution in [-0.4, -0.2) is 31.1 Å². The van der Waals surface area contributed by atoms with Gasteiger partial charge in [-0.2, -0.15) is 0 Å². The molecule has 1 unspecified atom stereocenters. The number of ether oxygens (including phenoxy) is 1. The van der Waals surface area contributed by atoms with Crippen LogP contribution in [0.5, 0.6) is 5.75 Å². The van der Waals surface area contributed by atoms with E-state index in [2.05, 4.69) is 36.6 Å². The third-order valence-electron chi connectivity index (χ3n) is 3.56. The highest BCUT2D eigenvalue weighted by Gasteiger charge is 2.22. The lowest BCUT2D eigenvalue weighted by atomic mass is 10.1. The minimum atomic E-state index is 0.0913. The molecule has 1 saturated carbocycles. The molecular formula is C17H26N2O2. The van der Waals surface area contributed by atoms with Gasteiger partial charge in [-0.15, -0.1) is 0 Å². The second kappa shape index (κ2) is 8.03. The van der Waals surface area contributed by atoms with Gasteiger partial charge in [0.2, 0.25) is 5.91 Å². The summed E-state index contributed by atoms with van der Waals surface area (Å²) >= 11 is 0. The zero-order valence-electron chi connectivity index (χ0n) is 13.0. The first-order valence-electron chi connectivity index (χ1n) is 7.92. The standard InChI is InChI=1S/C17H26N2O2/c1-3-18-13(2)12-14-4-8-16(9-5-14)21-11-10-17(20)19-15-6-7-15/h4-5,8-9,13,15,18H,3,6-7,10-12H2,1-2H3,(H,19,20). The fourth-order valence-electron chi connectivity index (χ4n) is 2.29. The summed E-state index contributed by atoms with van der Waals surface area (Å²) in [6.07, 6.45) is 3.69. The maximum atomic E-state index is 11.5. The molecule has 4 heteroatoms. The molecule has 0 radical (unpaired) electrons. The van der Waals surface area contributed by atoms with Gasteiger partial charge in [-0.1, -0.05) is 19.1 Å². The van der Waals surface area contributed by atoms with Crippen molar-refractivity contribution in [3.63, 3.8) is 0 Å². The number of amides is 1. The summed E-state index contributed by atoms with van der Waals surface area (Å²) in [5.41, 5.74) is 1.29. The molecule has 1 fully saturated rings. The van der Waals surface area contributed by atoms with Crippen LogP contribution in [0.3, 0.4) is 0 Å². The number of nitrogens with one attached hydrogen (secondary N) is 2. The van der Waals surface area contributed by atoms with Crippen molar-refractivity contribution >= 4 is 5.91 Å². The van der Waals surface area contributed by atoms with E-state index in [0.29, 0.717) is 25.1 Å². The quantitative estimate of drug-likeness (QED) is 0.733. The molecule has 0 heterocycles. The molecule has 1 amide bonds. The average Bonchev–Trinajstić information content (AvgIpc) is 3.25. The van der Waals surface area contributed by atoms with Gasteiger partial charge in [-0.25, -0.2) is 0 Å².